The predicted octanol–water partition coefficient (Wildman–Crippen LogP) is 2.84. The van der Waals surface area contributed by atoms with E-state index in [0.717, 1.165) is 25.3 Å². The molecule has 0 aliphatic heterocycles. The standard InChI is InChI=1S/C12H18ClN/c1-11(14-9-5-8-13)10-12-6-3-2-4-7-12/h2-4,6-7,11,14H,5,8-10H2,1H3/t11-/m1/s1. The van der Waals surface area contributed by atoms with E-state index in [1.54, 1.807) is 0 Å². The maximum absolute atomic E-state index is 5.61. The average molecular weight is 212 g/mol. The topological polar surface area (TPSA) is 12.0 Å². The van der Waals surface area contributed by atoms with Gasteiger partial charge in [-0.25, -0.2) is 0 Å². The van der Waals surface area contributed by atoms with Gasteiger partial charge in [-0.15, -0.1) is 11.6 Å². The van der Waals surface area contributed by atoms with Crippen molar-refractivity contribution in [3.63, 3.8) is 0 Å². The summed E-state index contributed by atoms with van der Waals surface area (Å²) >= 11 is 5.61. The van der Waals surface area contributed by atoms with E-state index >= 15 is 0 Å². The molecule has 14 heavy (non-hydrogen) atoms. The zero-order chi connectivity index (χ0) is 10.2. The quantitative estimate of drug-likeness (QED) is 0.564. The van der Waals surface area contributed by atoms with Crippen molar-refractivity contribution in [2.75, 3.05) is 12.4 Å². The SMILES string of the molecule is C[C@H](Cc1ccccc1)NCCCCl. The van der Waals surface area contributed by atoms with Crippen molar-refractivity contribution in [3.8, 4) is 0 Å². The summed E-state index contributed by atoms with van der Waals surface area (Å²) in [5, 5.41) is 3.45. The van der Waals surface area contributed by atoms with Crippen LogP contribution >= 0.6 is 11.6 Å². The van der Waals surface area contributed by atoms with Gasteiger partial charge in [0.15, 0.2) is 0 Å². The van der Waals surface area contributed by atoms with Gasteiger partial charge in [-0.05, 0) is 31.9 Å². The van der Waals surface area contributed by atoms with E-state index in [4.69, 9.17) is 11.6 Å². The maximum Gasteiger partial charge on any atom is 0.0235 e. The molecule has 0 saturated carbocycles. The third-order valence-corrected chi connectivity index (χ3v) is 2.46. The summed E-state index contributed by atoms with van der Waals surface area (Å²) in [4.78, 5) is 0. The van der Waals surface area contributed by atoms with E-state index in [0.29, 0.717) is 6.04 Å². The summed E-state index contributed by atoms with van der Waals surface area (Å²) in [6, 6.07) is 11.1. The lowest BCUT2D eigenvalue weighted by molar-refractivity contribution is 0.544. The van der Waals surface area contributed by atoms with Gasteiger partial charge in [-0.1, -0.05) is 30.3 Å². The summed E-state index contributed by atoms with van der Waals surface area (Å²) in [5.74, 6) is 0.741. The highest BCUT2D eigenvalue weighted by atomic mass is 35.5. The van der Waals surface area contributed by atoms with Crippen LogP contribution in [0.15, 0.2) is 30.3 Å². The van der Waals surface area contributed by atoms with Crippen LogP contribution in [-0.2, 0) is 6.42 Å². The van der Waals surface area contributed by atoms with Crippen LogP contribution < -0.4 is 5.32 Å². The molecule has 0 spiro atoms. The molecule has 2 heteroatoms. The monoisotopic (exact) mass is 211 g/mol. The highest BCUT2D eigenvalue weighted by molar-refractivity contribution is 6.17. The van der Waals surface area contributed by atoms with Crippen molar-refractivity contribution < 1.29 is 0 Å². The lowest BCUT2D eigenvalue weighted by Gasteiger charge is -2.13. The van der Waals surface area contributed by atoms with E-state index < -0.39 is 0 Å². The molecule has 1 aromatic carbocycles. The van der Waals surface area contributed by atoms with E-state index in [1.165, 1.54) is 5.56 Å². The number of benzene rings is 1. The lowest BCUT2D eigenvalue weighted by atomic mass is 10.1. The average Bonchev–Trinajstić information content (AvgIpc) is 2.20. The molecule has 0 aliphatic carbocycles. The zero-order valence-corrected chi connectivity index (χ0v) is 9.43. The van der Waals surface area contributed by atoms with Crippen LogP contribution in [0.4, 0.5) is 0 Å². The van der Waals surface area contributed by atoms with E-state index in [9.17, 15) is 0 Å². The Morgan fingerprint density at radius 3 is 2.64 bits per heavy atom. The van der Waals surface area contributed by atoms with Gasteiger partial charge in [-0.3, -0.25) is 0 Å². The van der Waals surface area contributed by atoms with Crippen molar-refractivity contribution in [1.82, 2.24) is 5.32 Å². The van der Waals surface area contributed by atoms with Gasteiger partial charge >= 0.3 is 0 Å². The second kappa shape index (κ2) is 6.86. The second-order valence-electron chi connectivity index (χ2n) is 3.59. The zero-order valence-electron chi connectivity index (χ0n) is 8.67. The minimum Gasteiger partial charge on any atom is -0.314 e. The number of hydrogen-bond donors (Lipinski definition) is 1. The fourth-order valence-electron chi connectivity index (χ4n) is 1.46. The molecule has 0 bridgehead atoms. The first-order valence-corrected chi connectivity index (χ1v) is 5.69. The molecule has 0 unspecified atom stereocenters. The Bertz CT molecular complexity index is 235. The van der Waals surface area contributed by atoms with Crippen molar-refractivity contribution in [1.29, 1.82) is 0 Å². The van der Waals surface area contributed by atoms with Crippen LogP contribution in [0.2, 0.25) is 0 Å². The van der Waals surface area contributed by atoms with E-state index in [2.05, 4.69) is 42.6 Å². The lowest BCUT2D eigenvalue weighted by Crippen LogP contribution is -2.29. The van der Waals surface area contributed by atoms with Crippen molar-refractivity contribution >= 4 is 11.6 Å². The first-order valence-electron chi connectivity index (χ1n) is 5.16. The Hall–Kier alpha value is -0.530. The molecule has 1 rings (SSSR count). The fourth-order valence-corrected chi connectivity index (χ4v) is 1.59. The van der Waals surface area contributed by atoms with E-state index in [-0.39, 0.29) is 0 Å². The molecule has 1 atom stereocenters. The van der Waals surface area contributed by atoms with Crippen molar-refractivity contribution in [2.24, 2.45) is 0 Å². The fraction of sp³-hybridized carbons (Fsp3) is 0.500. The minimum absolute atomic E-state index is 0.528. The van der Waals surface area contributed by atoms with Crippen LogP contribution in [0, 0.1) is 0 Å². The van der Waals surface area contributed by atoms with E-state index in [1.807, 2.05) is 0 Å². The largest absolute Gasteiger partial charge is 0.314 e. The summed E-state index contributed by atoms with van der Waals surface area (Å²) in [5.41, 5.74) is 1.39. The third-order valence-electron chi connectivity index (χ3n) is 2.19. The first kappa shape index (κ1) is 11.5. The molecule has 0 saturated heterocycles. The van der Waals surface area contributed by atoms with Gasteiger partial charge in [0.1, 0.15) is 0 Å². The molecule has 0 radical (unpaired) electrons. The summed E-state index contributed by atoms with van der Waals surface area (Å²) in [7, 11) is 0. The molecular weight excluding hydrogens is 194 g/mol. The molecule has 0 fully saturated rings. The number of hydrogen-bond acceptors (Lipinski definition) is 1. The molecule has 0 heterocycles. The first-order chi connectivity index (χ1) is 6.83. The van der Waals surface area contributed by atoms with Crippen molar-refractivity contribution in [2.45, 2.75) is 25.8 Å². The van der Waals surface area contributed by atoms with Crippen LogP contribution in [-0.4, -0.2) is 18.5 Å². The molecule has 0 aromatic heterocycles. The highest BCUT2D eigenvalue weighted by Gasteiger charge is 2.01. The summed E-state index contributed by atoms with van der Waals surface area (Å²) in [6.07, 6.45) is 2.13. The highest BCUT2D eigenvalue weighted by Crippen LogP contribution is 2.02. The van der Waals surface area contributed by atoms with Gasteiger partial charge in [0.05, 0.1) is 0 Å². The number of rotatable bonds is 6. The van der Waals surface area contributed by atoms with Crippen LogP contribution in [0.1, 0.15) is 18.9 Å². The molecule has 0 amide bonds. The molecule has 1 nitrogen and oxygen atoms in total. The Balaban J connectivity index is 2.23. The Kier molecular flexibility index (Phi) is 5.65. The van der Waals surface area contributed by atoms with Gasteiger partial charge in [-0.2, -0.15) is 0 Å². The molecule has 0 aliphatic rings. The number of alkyl halides is 1. The maximum atomic E-state index is 5.61. The van der Waals surface area contributed by atoms with Gasteiger partial charge in [0.25, 0.3) is 0 Å². The van der Waals surface area contributed by atoms with Crippen LogP contribution in [0.5, 0.6) is 0 Å². The summed E-state index contributed by atoms with van der Waals surface area (Å²) < 4.78 is 0. The Labute approximate surface area is 91.5 Å². The summed E-state index contributed by atoms with van der Waals surface area (Å²) in [6.45, 7) is 3.22. The van der Waals surface area contributed by atoms with Crippen molar-refractivity contribution in [3.05, 3.63) is 35.9 Å². The van der Waals surface area contributed by atoms with Crippen LogP contribution in [0.25, 0.3) is 0 Å². The minimum atomic E-state index is 0.528. The number of halogens is 1. The molecular formula is C12H18ClN. The second-order valence-corrected chi connectivity index (χ2v) is 3.97. The molecule has 1 aromatic rings. The van der Waals surface area contributed by atoms with Gasteiger partial charge < -0.3 is 5.32 Å². The normalized spacial score (nSPS) is 12.7. The third kappa shape index (κ3) is 4.64. The predicted molar refractivity (Wildman–Crippen MR) is 62.9 cm³/mol. The molecule has 1 N–H and O–H groups in total. The number of nitrogens with one attached hydrogen (secondary N) is 1. The van der Waals surface area contributed by atoms with Gasteiger partial charge in [0.2, 0.25) is 0 Å². The Morgan fingerprint density at radius 1 is 1.29 bits per heavy atom. The molecule has 78 valence electrons. The smallest absolute Gasteiger partial charge is 0.0235 e. The Morgan fingerprint density at radius 2 is 2.00 bits per heavy atom. The van der Waals surface area contributed by atoms with Gasteiger partial charge in [0, 0.05) is 11.9 Å². The van der Waals surface area contributed by atoms with Crippen LogP contribution in [0.3, 0.4) is 0 Å².